The molecule has 2 unspecified atom stereocenters. The number of hydrogen-bond donors (Lipinski definition) is 2. The molecule has 0 bridgehead atoms. The Labute approximate surface area is 195 Å². The molecule has 2 aliphatic rings. The maximum atomic E-state index is 13.2. The SMILES string of the molecule is Cc1ccc(CN(C(=O)Nc2ccc(C3CN(C(=O)O)C3C(C)(C)C)cc2)C2CCCC2)o1. The van der Waals surface area contributed by atoms with Crippen LogP contribution in [0.1, 0.15) is 69.5 Å². The molecule has 2 N–H and O–H groups in total. The molecule has 1 aliphatic carbocycles. The molecule has 2 heterocycles. The predicted molar refractivity (Wildman–Crippen MR) is 127 cm³/mol. The maximum absolute atomic E-state index is 13.2. The van der Waals surface area contributed by atoms with Gasteiger partial charge in [-0.25, -0.2) is 9.59 Å². The molecule has 2 aromatic rings. The Balaban J connectivity index is 1.45. The zero-order valence-electron chi connectivity index (χ0n) is 20.0. The lowest BCUT2D eigenvalue weighted by atomic mass is 9.70. The molecule has 0 radical (unpaired) electrons. The predicted octanol–water partition coefficient (Wildman–Crippen LogP) is 6.06. The molecule has 1 aromatic carbocycles. The Hall–Kier alpha value is -2.96. The largest absolute Gasteiger partial charge is 0.465 e. The summed E-state index contributed by atoms with van der Waals surface area (Å²) in [7, 11) is 0. The van der Waals surface area contributed by atoms with E-state index in [1.54, 1.807) is 0 Å². The van der Waals surface area contributed by atoms with Crippen molar-refractivity contribution in [2.75, 3.05) is 11.9 Å². The van der Waals surface area contributed by atoms with Crippen LogP contribution in [-0.4, -0.2) is 45.7 Å². The Morgan fingerprint density at radius 1 is 1.12 bits per heavy atom. The molecule has 3 amide bonds. The summed E-state index contributed by atoms with van der Waals surface area (Å²) in [4.78, 5) is 28.2. The van der Waals surface area contributed by atoms with Crippen molar-refractivity contribution in [3.63, 3.8) is 0 Å². The second kappa shape index (κ2) is 9.12. The van der Waals surface area contributed by atoms with Gasteiger partial charge in [-0.05, 0) is 55.0 Å². The summed E-state index contributed by atoms with van der Waals surface area (Å²) >= 11 is 0. The van der Waals surface area contributed by atoms with Gasteiger partial charge in [0, 0.05) is 30.2 Å². The van der Waals surface area contributed by atoms with Crippen LogP contribution in [-0.2, 0) is 6.54 Å². The Morgan fingerprint density at radius 2 is 1.79 bits per heavy atom. The molecule has 2 fully saturated rings. The number of aryl methyl sites for hydroxylation is 1. The Kier molecular flexibility index (Phi) is 6.41. The van der Waals surface area contributed by atoms with E-state index in [9.17, 15) is 14.7 Å². The number of nitrogens with zero attached hydrogens (tertiary/aromatic N) is 2. The summed E-state index contributed by atoms with van der Waals surface area (Å²) < 4.78 is 5.73. The van der Waals surface area contributed by atoms with E-state index in [0.717, 1.165) is 48.5 Å². The summed E-state index contributed by atoms with van der Waals surface area (Å²) in [5, 5.41) is 12.5. The van der Waals surface area contributed by atoms with Crippen LogP contribution in [0.15, 0.2) is 40.8 Å². The van der Waals surface area contributed by atoms with Gasteiger partial charge >= 0.3 is 12.1 Å². The van der Waals surface area contributed by atoms with Crippen LogP contribution >= 0.6 is 0 Å². The average Bonchev–Trinajstić information content (AvgIpc) is 3.36. The number of benzene rings is 1. The van der Waals surface area contributed by atoms with E-state index in [1.165, 1.54) is 4.90 Å². The first kappa shape index (κ1) is 23.2. The zero-order chi connectivity index (χ0) is 23.8. The third-order valence-corrected chi connectivity index (χ3v) is 6.98. The summed E-state index contributed by atoms with van der Waals surface area (Å²) in [5.41, 5.74) is 1.69. The number of urea groups is 1. The maximum Gasteiger partial charge on any atom is 0.407 e. The molecule has 178 valence electrons. The quantitative estimate of drug-likeness (QED) is 0.576. The fourth-order valence-electron chi connectivity index (χ4n) is 5.39. The molecular formula is C26H35N3O4. The molecule has 7 nitrogen and oxygen atoms in total. The van der Waals surface area contributed by atoms with E-state index >= 15 is 0 Å². The van der Waals surface area contributed by atoms with Gasteiger partial charge in [0.15, 0.2) is 0 Å². The van der Waals surface area contributed by atoms with Crippen molar-refractivity contribution in [3.05, 3.63) is 53.5 Å². The van der Waals surface area contributed by atoms with E-state index in [-0.39, 0.29) is 29.4 Å². The molecule has 0 spiro atoms. The smallest absolute Gasteiger partial charge is 0.407 e. The van der Waals surface area contributed by atoms with Crippen molar-refractivity contribution in [2.24, 2.45) is 5.41 Å². The van der Waals surface area contributed by atoms with E-state index < -0.39 is 6.09 Å². The normalized spacial score (nSPS) is 21.0. The van der Waals surface area contributed by atoms with Crippen LogP contribution in [0.4, 0.5) is 15.3 Å². The van der Waals surface area contributed by atoms with Crippen LogP contribution < -0.4 is 5.32 Å². The minimum atomic E-state index is -0.867. The van der Waals surface area contributed by atoms with Crippen LogP contribution in [0.2, 0.25) is 0 Å². The number of carbonyl (C=O) groups is 2. The fraction of sp³-hybridized carbons (Fsp3) is 0.538. The molecular weight excluding hydrogens is 418 g/mol. The highest BCUT2D eigenvalue weighted by Crippen LogP contribution is 2.44. The summed E-state index contributed by atoms with van der Waals surface area (Å²) in [6.45, 7) is 9.10. The third-order valence-electron chi connectivity index (χ3n) is 6.98. The number of furan rings is 1. The number of anilines is 1. The first-order valence-corrected chi connectivity index (χ1v) is 11.9. The van der Waals surface area contributed by atoms with Crippen LogP contribution in [0.25, 0.3) is 0 Å². The van der Waals surface area contributed by atoms with Crippen molar-refractivity contribution >= 4 is 17.8 Å². The van der Waals surface area contributed by atoms with Crippen LogP contribution in [0.5, 0.6) is 0 Å². The highest BCUT2D eigenvalue weighted by atomic mass is 16.4. The van der Waals surface area contributed by atoms with Crippen molar-refractivity contribution in [1.29, 1.82) is 0 Å². The number of likely N-dealkylation sites (tertiary alicyclic amines) is 1. The van der Waals surface area contributed by atoms with Gasteiger partial charge in [-0.2, -0.15) is 0 Å². The van der Waals surface area contributed by atoms with Gasteiger partial charge in [0.2, 0.25) is 0 Å². The van der Waals surface area contributed by atoms with E-state index in [0.29, 0.717) is 13.1 Å². The van der Waals surface area contributed by atoms with Gasteiger partial charge in [-0.15, -0.1) is 0 Å². The summed E-state index contributed by atoms with van der Waals surface area (Å²) in [6.07, 6.45) is 3.45. The van der Waals surface area contributed by atoms with Crippen molar-refractivity contribution in [1.82, 2.24) is 9.80 Å². The summed E-state index contributed by atoms with van der Waals surface area (Å²) in [6, 6.07) is 11.8. The number of amides is 3. The van der Waals surface area contributed by atoms with Gasteiger partial charge in [-0.1, -0.05) is 45.7 Å². The first-order chi connectivity index (χ1) is 15.6. The number of rotatable bonds is 5. The second-order valence-electron chi connectivity index (χ2n) is 10.5. The molecule has 4 rings (SSSR count). The van der Waals surface area contributed by atoms with E-state index in [2.05, 4.69) is 26.1 Å². The molecule has 1 saturated carbocycles. The number of carboxylic acid groups (broad SMARTS) is 1. The first-order valence-electron chi connectivity index (χ1n) is 11.9. The fourth-order valence-corrected chi connectivity index (χ4v) is 5.39. The van der Waals surface area contributed by atoms with Gasteiger partial charge in [0.1, 0.15) is 11.5 Å². The third kappa shape index (κ3) is 5.02. The van der Waals surface area contributed by atoms with Crippen molar-refractivity contribution in [3.8, 4) is 0 Å². The molecule has 1 saturated heterocycles. The lowest BCUT2D eigenvalue weighted by Crippen LogP contribution is -2.62. The number of carbonyl (C=O) groups excluding carboxylic acids is 1. The topological polar surface area (TPSA) is 86.0 Å². The molecule has 1 aliphatic heterocycles. The van der Waals surface area contributed by atoms with Gasteiger partial charge < -0.3 is 24.6 Å². The van der Waals surface area contributed by atoms with Gasteiger partial charge in [0.05, 0.1) is 6.54 Å². The molecule has 2 atom stereocenters. The van der Waals surface area contributed by atoms with Gasteiger partial charge in [-0.3, -0.25) is 0 Å². The minimum Gasteiger partial charge on any atom is -0.465 e. The lowest BCUT2D eigenvalue weighted by molar-refractivity contribution is -0.00161. The van der Waals surface area contributed by atoms with Crippen molar-refractivity contribution in [2.45, 2.75) is 77.9 Å². The van der Waals surface area contributed by atoms with Gasteiger partial charge in [0.25, 0.3) is 0 Å². The number of nitrogens with one attached hydrogen (secondary N) is 1. The van der Waals surface area contributed by atoms with Crippen LogP contribution in [0, 0.1) is 12.3 Å². The Bertz CT molecular complexity index is 986. The molecule has 33 heavy (non-hydrogen) atoms. The monoisotopic (exact) mass is 453 g/mol. The Morgan fingerprint density at radius 3 is 2.33 bits per heavy atom. The molecule has 7 heteroatoms. The van der Waals surface area contributed by atoms with E-state index in [1.807, 2.05) is 48.2 Å². The zero-order valence-corrected chi connectivity index (χ0v) is 20.0. The standard InChI is InChI=1S/C26H35N3O4/c1-17-9-14-21(33-17)15-28(20-7-5-6-8-20)24(30)27-19-12-10-18(11-13-19)22-16-29(25(31)32)23(22)26(2,3)4/h9-14,20,22-23H,5-8,15-16H2,1-4H3,(H,27,30)(H,31,32). The second-order valence-corrected chi connectivity index (χ2v) is 10.5. The molecule has 1 aromatic heterocycles. The number of hydrogen-bond acceptors (Lipinski definition) is 3. The average molecular weight is 454 g/mol. The van der Waals surface area contributed by atoms with Crippen LogP contribution in [0.3, 0.4) is 0 Å². The van der Waals surface area contributed by atoms with E-state index in [4.69, 9.17) is 4.42 Å². The van der Waals surface area contributed by atoms with Crippen molar-refractivity contribution < 1.29 is 19.1 Å². The highest BCUT2D eigenvalue weighted by molar-refractivity contribution is 5.89. The lowest BCUT2D eigenvalue weighted by Gasteiger charge is -2.53. The highest BCUT2D eigenvalue weighted by Gasteiger charge is 2.48. The minimum absolute atomic E-state index is 0.0648. The summed E-state index contributed by atoms with van der Waals surface area (Å²) in [5.74, 6) is 1.80.